The van der Waals surface area contributed by atoms with E-state index in [2.05, 4.69) is 36.3 Å². The monoisotopic (exact) mass is 265 g/mol. The molecule has 1 saturated carbocycles. The molecule has 2 nitrogen and oxygen atoms in total. The van der Waals surface area contributed by atoms with Gasteiger partial charge in [0, 0.05) is 29.4 Å². The Morgan fingerprint density at radius 1 is 1.44 bits per heavy atom. The lowest BCUT2D eigenvalue weighted by atomic mass is 9.83. The van der Waals surface area contributed by atoms with Crippen molar-refractivity contribution in [3.63, 3.8) is 0 Å². The van der Waals surface area contributed by atoms with Crippen LogP contribution in [-0.2, 0) is 11.3 Å². The average Bonchev–Trinajstić information content (AvgIpc) is 3.13. The van der Waals surface area contributed by atoms with Crippen LogP contribution in [0.1, 0.15) is 44.4 Å². The summed E-state index contributed by atoms with van der Waals surface area (Å²) < 4.78 is 0. The first kappa shape index (κ1) is 13.8. The predicted octanol–water partition coefficient (Wildman–Crippen LogP) is 3.72. The molecule has 0 unspecified atom stereocenters. The lowest BCUT2D eigenvalue weighted by Crippen LogP contribution is -2.39. The molecule has 0 aliphatic heterocycles. The molecular formula is C15H23NOS. The highest BCUT2D eigenvalue weighted by atomic mass is 32.1. The minimum absolute atomic E-state index is 0.139. The Kier molecular flexibility index (Phi) is 4.57. The van der Waals surface area contributed by atoms with Gasteiger partial charge in [-0.2, -0.15) is 0 Å². The second kappa shape index (κ2) is 5.98. The molecule has 2 rings (SSSR count). The minimum Gasteiger partial charge on any atom is -0.303 e. The van der Waals surface area contributed by atoms with Crippen molar-refractivity contribution in [1.82, 2.24) is 4.90 Å². The molecule has 0 N–H and O–H groups in total. The van der Waals surface area contributed by atoms with Gasteiger partial charge in [-0.25, -0.2) is 0 Å². The summed E-state index contributed by atoms with van der Waals surface area (Å²) in [6.07, 6.45) is 5.68. The Morgan fingerprint density at radius 2 is 2.17 bits per heavy atom. The molecule has 1 heterocycles. The van der Waals surface area contributed by atoms with Crippen LogP contribution in [0.15, 0.2) is 17.5 Å². The van der Waals surface area contributed by atoms with E-state index in [0.29, 0.717) is 6.04 Å². The molecule has 0 atom stereocenters. The second-order valence-electron chi connectivity index (χ2n) is 5.40. The van der Waals surface area contributed by atoms with E-state index < -0.39 is 0 Å². The fourth-order valence-corrected chi connectivity index (χ4v) is 3.17. The smallest absolute Gasteiger partial charge is 0.127 e. The van der Waals surface area contributed by atoms with E-state index in [1.54, 1.807) is 0 Å². The molecule has 3 heteroatoms. The number of hydrogen-bond acceptors (Lipinski definition) is 3. The van der Waals surface area contributed by atoms with E-state index in [9.17, 15) is 4.79 Å². The molecule has 1 aliphatic rings. The van der Waals surface area contributed by atoms with E-state index >= 15 is 0 Å². The van der Waals surface area contributed by atoms with Crippen LogP contribution in [-0.4, -0.2) is 23.8 Å². The van der Waals surface area contributed by atoms with Crippen LogP contribution >= 0.6 is 11.3 Å². The minimum atomic E-state index is -0.139. The van der Waals surface area contributed by atoms with Gasteiger partial charge in [0.25, 0.3) is 0 Å². The summed E-state index contributed by atoms with van der Waals surface area (Å²) in [4.78, 5) is 15.4. The van der Waals surface area contributed by atoms with Gasteiger partial charge in [-0.1, -0.05) is 19.9 Å². The van der Waals surface area contributed by atoms with Gasteiger partial charge in [0.2, 0.25) is 0 Å². The van der Waals surface area contributed by atoms with Gasteiger partial charge in [0.1, 0.15) is 6.29 Å². The molecule has 1 aliphatic carbocycles. The normalized spacial score (nSPS) is 16.2. The van der Waals surface area contributed by atoms with Crippen molar-refractivity contribution < 1.29 is 4.79 Å². The number of rotatable bonds is 8. The Labute approximate surface area is 114 Å². The van der Waals surface area contributed by atoms with Gasteiger partial charge in [0.15, 0.2) is 0 Å². The quantitative estimate of drug-likeness (QED) is 0.668. The first-order chi connectivity index (χ1) is 8.73. The summed E-state index contributed by atoms with van der Waals surface area (Å²) in [5.74, 6) is 0. The lowest BCUT2D eigenvalue weighted by Gasteiger charge is -2.33. The summed E-state index contributed by atoms with van der Waals surface area (Å²) in [5, 5.41) is 2.13. The van der Waals surface area contributed by atoms with Crippen molar-refractivity contribution in [2.45, 2.75) is 52.1 Å². The highest BCUT2D eigenvalue weighted by Gasteiger charge is 2.35. The van der Waals surface area contributed by atoms with E-state index in [1.165, 1.54) is 24.0 Å². The zero-order valence-corrected chi connectivity index (χ0v) is 12.2. The lowest BCUT2D eigenvalue weighted by molar-refractivity contribution is -0.117. The molecular weight excluding hydrogens is 242 g/mol. The number of carbonyl (C=O) groups is 1. The number of carbonyl (C=O) groups excluding carboxylic acids is 1. The van der Waals surface area contributed by atoms with Crippen LogP contribution in [0.5, 0.6) is 0 Å². The molecule has 1 aromatic rings. The van der Waals surface area contributed by atoms with Crippen LogP contribution in [0, 0.1) is 5.41 Å². The van der Waals surface area contributed by atoms with Crippen LogP contribution in [0.4, 0.5) is 0 Å². The van der Waals surface area contributed by atoms with Crippen molar-refractivity contribution in [2.75, 3.05) is 6.54 Å². The average molecular weight is 265 g/mol. The van der Waals surface area contributed by atoms with Gasteiger partial charge < -0.3 is 4.79 Å². The van der Waals surface area contributed by atoms with Crippen molar-refractivity contribution in [3.05, 3.63) is 22.4 Å². The van der Waals surface area contributed by atoms with Gasteiger partial charge in [0.05, 0.1) is 0 Å². The van der Waals surface area contributed by atoms with E-state index in [-0.39, 0.29) is 5.41 Å². The fourth-order valence-electron chi connectivity index (χ4n) is 2.44. The third kappa shape index (κ3) is 3.21. The summed E-state index contributed by atoms with van der Waals surface area (Å²) in [7, 11) is 0. The predicted molar refractivity (Wildman–Crippen MR) is 76.8 cm³/mol. The van der Waals surface area contributed by atoms with Gasteiger partial charge in [-0.05, 0) is 37.1 Å². The van der Waals surface area contributed by atoms with Crippen molar-refractivity contribution in [3.8, 4) is 0 Å². The zero-order chi connectivity index (χ0) is 13.0. The number of aldehydes is 1. The molecule has 100 valence electrons. The van der Waals surface area contributed by atoms with Gasteiger partial charge in [-0.3, -0.25) is 4.90 Å². The summed E-state index contributed by atoms with van der Waals surface area (Å²) in [5.41, 5.74) is -0.139. The Morgan fingerprint density at radius 3 is 2.61 bits per heavy atom. The molecule has 0 saturated heterocycles. The number of hydrogen-bond donors (Lipinski definition) is 0. The third-order valence-corrected chi connectivity index (χ3v) is 5.04. The summed E-state index contributed by atoms with van der Waals surface area (Å²) in [6, 6.07) is 5.02. The Balaban J connectivity index is 2.03. The molecule has 1 aromatic heterocycles. The summed E-state index contributed by atoms with van der Waals surface area (Å²) >= 11 is 1.82. The SMILES string of the molecule is CCC(C=O)(CC)CN(Cc1cccs1)C1CC1. The van der Waals surface area contributed by atoms with Gasteiger partial charge >= 0.3 is 0 Å². The topological polar surface area (TPSA) is 20.3 Å². The summed E-state index contributed by atoms with van der Waals surface area (Å²) in [6.45, 7) is 6.20. The molecule has 0 radical (unpaired) electrons. The van der Waals surface area contributed by atoms with E-state index in [1.807, 2.05) is 11.3 Å². The molecule has 0 amide bonds. The van der Waals surface area contributed by atoms with Crippen LogP contribution in [0.2, 0.25) is 0 Å². The largest absolute Gasteiger partial charge is 0.303 e. The maximum absolute atomic E-state index is 11.4. The highest BCUT2D eigenvalue weighted by Crippen LogP contribution is 2.34. The first-order valence-corrected chi connectivity index (χ1v) is 7.83. The fraction of sp³-hybridized carbons (Fsp3) is 0.667. The van der Waals surface area contributed by atoms with E-state index in [4.69, 9.17) is 0 Å². The maximum atomic E-state index is 11.4. The molecule has 0 aromatic carbocycles. The van der Waals surface area contributed by atoms with Crippen molar-refractivity contribution in [1.29, 1.82) is 0 Å². The second-order valence-corrected chi connectivity index (χ2v) is 6.44. The molecule has 0 spiro atoms. The van der Waals surface area contributed by atoms with E-state index in [0.717, 1.165) is 25.9 Å². The van der Waals surface area contributed by atoms with Crippen molar-refractivity contribution in [2.24, 2.45) is 5.41 Å². The standard InChI is InChI=1S/C15H23NOS/c1-3-15(4-2,12-17)11-16(13-7-8-13)10-14-6-5-9-18-14/h5-6,9,12-13H,3-4,7-8,10-11H2,1-2H3. The number of nitrogens with zero attached hydrogens (tertiary/aromatic N) is 1. The van der Waals surface area contributed by atoms with Crippen LogP contribution in [0.3, 0.4) is 0 Å². The number of thiophene rings is 1. The molecule has 1 fully saturated rings. The van der Waals surface area contributed by atoms with Gasteiger partial charge in [-0.15, -0.1) is 11.3 Å². The Bertz CT molecular complexity index is 366. The zero-order valence-electron chi connectivity index (χ0n) is 11.4. The van der Waals surface area contributed by atoms with Crippen molar-refractivity contribution >= 4 is 17.6 Å². The van der Waals surface area contributed by atoms with Crippen LogP contribution < -0.4 is 0 Å². The highest BCUT2D eigenvalue weighted by molar-refractivity contribution is 7.09. The Hall–Kier alpha value is -0.670. The first-order valence-electron chi connectivity index (χ1n) is 6.96. The third-order valence-electron chi connectivity index (χ3n) is 4.18. The van der Waals surface area contributed by atoms with Crippen LogP contribution in [0.25, 0.3) is 0 Å². The maximum Gasteiger partial charge on any atom is 0.127 e. The molecule has 0 bridgehead atoms. The molecule has 18 heavy (non-hydrogen) atoms.